The SMILES string of the molecule is Cc1ccc(N2CCC(NC(=O)c3ccccc3Cl)C2=O)cc1C. The van der Waals surface area contributed by atoms with Gasteiger partial charge in [0.15, 0.2) is 0 Å². The molecule has 4 nitrogen and oxygen atoms in total. The van der Waals surface area contributed by atoms with Gasteiger partial charge in [-0.15, -0.1) is 0 Å². The van der Waals surface area contributed by atoms with Crippen molar-refractivity contribution in [3.63, 3.8) is 0 Å². The number of carbonyl (C=O) groups is 2. The van der Waals surface area contributed by atoms with Crippen LogP contribution in [-0.2, 0) is 4.79 Å². The first-order chi connectivity index (χ1) is 11.5. The highest BCUT2D eigenvalue weighted by molar-refractivity contribution is 6.33. The third kappa shape index (κ3) is 3.15. The normalized spacial score (nSPS) is 17.2. The molecule has 2 aromatic rings. The topological polar surface area (TPSA) is 49.4 Å². The van der Waals surface area contributed by atoms with E-state index >= 15 is 0 Å². The van der Waals surface area contributed by atoms with Crippen LogP contribution in [0.3, 0.4) is 0 Å². The number of nitrogens with zero attached hydrogens (tertiary/aromatic N) is 1. The second-order valence-corrected chi connectivity index (χ2v) is 6.46. The number of hydrogen-bond donors (Lipinski definition) is 1. The predicted molar refractivity (Wildman–Crippen MR) is 95.6 cm³/mol. The van der Waals surface area contributed by atoms with Gasteiger partial charge in [-0.3, -0.25) is 9.59 Å². The van der Waals surface area contributed by atoms with E-state index in [1.54, 1.807) is 29.2 Å². The second-order valence-electron chi connectivity index (χ2n) is 6.05. The fourth-order valence-electron chi connectivity index (χ4n) is 2.85. The van der Waals surface area contributed by atoms with E-state index in [1.807, 2.05) is 32.0 Å². The van der Waals surface area contributed by atoms with Crippen LogP contribution in [0.25, 0.3) is 0 Å². The number of benzene rings is 2. The lowest BCUT2D eigenvalue weighted by molar-refractivity contribution is -0.118. The summed E-state index contributed by atoms with van der Waals surface area (Å²) in [4.78, 5) is 26.7. The highest BCUT2D eigenvalue weighted by Gasteiger charge is 2.34. The van der Waals surface area contributed by atoms with Crippen molar-refractivity contribution in [2.45, 2.75) is 26.3 Å². The molecule has 1 fully saturated rings. The minimum Gasteiger partial charge on any atom is -0.340 e. The molecule has 0 bridgehead atoms. The molecule has 1 aliphatic heterocycles. The molecule has 0 aliphatic carbocycles. The summed E-state index contributed by atoms with van der Waals surface area (Å²) in [6.07, 6.45) is 0.585. The average molecular weight is 343 g/mol. The molecule has 3 rings (SSSR count). The molecule has 5 heteroatoms. The van der Waals surface area contributed by atoms with Crippen LogP contribution in [-0.4, -0.2) is 24.4 Å². The van der Waals surface area contributed by atoms with E-state index in [9.17, 15) is 9.59 Å². The maximum atomic E-state index is 12.6. The summed E-state index contributed by atoms with van der Waals surface area (Å²) < 4.78 is 0. The first kappa shape index (κ1) is 16.5. The number of nitrogens with one attached hydrogen (secondary N) is 1. The van der Waals surface area contributed by atoms with E-state index in [0.717, 1.165) is 11.3 Å². The minimum atomic E-state index is -0.518. The Bertz CT molecular complexity index is 804. The molecule has 0 aromatic heterocycles. The van der Waals surface area contributed by atoms with Gasteiger partial charge in [-0.05, 0) is 55.7 Å². The summed E-state index contributed by atoms with van der Waals surface area (Å²) in [6.45, 7) is 4.66. The second kappa shape index (κ2) is 6.65. The number of anilines is 1. The summed E-state index contributed by atoms with van der Waals surface area (Å²) in [7, 11) is 0. The Labute approximate surface area is 146 Å². The number of amides is 2. The van der Waals surface area contributed by atoms with Crippen molar-refractivity contribution in [3.05, 3.63) is 64.2 Å². The van der Waals surface area contributed by atoms with E-state index in [1.165, 1.54) is 5.56 Å². The lowest BCUT2D eigenvalue weighted by atomic mass is 10.1. The first-order valence-electron chi connectivity index (χ1n) is 7.91. The van der Waals surface area contributed by atoms with Crippen LogP contribution in [0.15, 0.2) is 42.5 Å². The standard InChI is InChI=1S/C19H19ClN2O2/c1-12-7-8-14(11-13(12)2)22-10-9-17(19(22)24)21-18(23)15-5-3-4-6-16(15)20/h3-8,11,17H,9-10H2,1-2H3,(H,21,23). The lowest BCUT2D eigenvalue weighted by Gasteiger charge is -2.18. The molecule has 1 aliphatic rings. The maximum Gasteiger partial charge on any atom is 0.253 e. The van der Waals surface area contributed by atoms with Gasteiger partial charge in [0, 0.05) is 12.2 Å². The van der Waals surface area contributed by atoms with E-state index in [4.69, 9.17) is 11.6 Å². The Kier molecular flexibility index (Phi) is 4.58. The van der Waals surface area contributed by atoms with Crippen molar-refractivity contribution in [1.29, 1.82) is 0 Å². The van der Waals surface area contributed by atoms with Crippen LogP contribution < -0.4 is 10.2 Å². The van der Waals surface area contributed by atoms with Crippen LogP contribution in [0.1, 0.15) is 27.9 Å². The Morgan fingerprint density at radius 3 is 2.62 bits per heavy atom. The summed E-state index contributed by atoms with van der Waals surface area (Å²) in [5.41, 5.74) is 3.59. The third-order valence-electron chi connectivity index (χ3n) is 4.43. The van der Waals surface area contributed by atoms with Crippen LogP contribution in [0.4, 0.5) is 5.69 Å². The molecule has 24 heavy (non-hydrogen) atoms. The molecule has 0 radical (unpaired) electrons. The van der Waals surface area contributed by atoms with Gasteiger partial charge in [0.2, 0.25) is 5.91 Å². The Hall–Kier alpha value is -2.33. The van der Waals surface area contributed by atoms with E-state index in [0.29, 0.717) is 23.6 Å². The molecule has 0 spiro atoms. The van der Waals surface area contributed by atoms with Gasteiger partial charge < -0.3 is 10.2 Å². The van der Waals surface area contributed by atoms with Crippen molar-refractivity contribution < 1.29 is 9.59 Å². The van der Waals surface area contributed by atoms with Gasteiger partial charge in [-0.25, -0.2) is 0 Å². The largest absolute Gasteiger partial charge is 0.340 e. The Morgan fingerprint density at radius 2 is 1.92 bits per heavy atom. The van der Waals surface area contributed by atoms with Gasteiger partial charge in [-0.2, -0.15) is 0 Å². The van der Waals surface area contributed by atoms with Gasteiger partial charge in [-0.1, -0.05) is 29.8 Å². The summed E-state index contributed by atoms with van der Waals surface area (Å²) >= 11 is 6.04. The predicted octanol–water partition coefficient (Wildman–Crippen LogP) is 3.49. The van der Waals surface area contributed by atoms with Crippen molar-refractivity contribution >= 4 is 29.1 Å². The maximum absolute atomic E-state index is 12.6. The van der Waals surface area contributed by atoms with Crippen molar-refractivity contribution in [2.75, 3.05) is 11.4 Å². The van der Waals surface area contributed by atoms with E-state index in [2.05, 4.69) is 5.32 Å². The Morgan fingerprint density at radius 1 is 1.17 bits per heavy atom. The van der Waals surface area contributed by atoms with Crippen molar-refractivity contribution in [2.24, 2.45) is 0 Å². The van der Waals surface area contributed by atoms with Crippen molar-refractivity contribution in [3.8, 4) is 0 Å². The fraction of sp³-hybridized carbons (Fsp3) is 0.263. The quantitative estimate of drug-likeness (QED) is 0.928. The zero-order valence-corrected chi connectivity index (χ0v) is 14.4. The van der Waals surface area contributed by atoms with Gasteiger partial charge in [0.1, 0.15) is 6.04 Å². The van der Waals surface area contributed by atoms with Gasteiger partial charge >= 0.3 is 0 Å². The van der Waals surface area contributed by atoms with Crippen molar-refractivity contribution in [1.82, 2.24) is 5.32 Å². The van der Waals surface area contributed by atoms with E-state index in [-0.39, 0.29) is 11.8 Å². The fourth-order valence-corrected chi connectivity index (χ4v) is 3.07. The number of rotatable bonds is 3. The molecule has 1 unspecified atom stereocenters. The average Bonchev–Trinajstić information content (AvgIpc) is 2.91. The number of aryl methyl sites for hydroxylation is 2. The zero-order valence-electron chi connectivity index (χ0n) is 13.7. The van der Waals surface area contributed by atoms with E-state index < -0.39 is 6.04 Å². The smallest absolute Gasteiger partial charge is 0.253 e. The van der Waals surface area contributed by atoms with Gasteiger partial charge in [0.05, 0.1) is 10.6 Å². The van der Waals surface area contributed by atoms with Crippen LogP contribution in [0.5, 0.6) is 0 Å². The molecule has 2 amide bonds. The molecule has 124 valence electrons. The number of halogens is 1. The lowest BCUT2D eigenvalue weighted by Crippen LogP contribution is -2.41. The summed E-state index contributed by atoms with van der Waals surface area (Å²) in [6, 6.07) is 12.3. The van der Waals surface area contributed by atoms with Gasteiger partial charge in [0.25, 0.3) is 5.91 Å². The highest BCUT2D eigenvalue weighted by atomic mass is 35.5. The molecule has 2 aromatic carbocycles. The molecule has 1 saturated heterocycles. The summed E-state index contributed by atoms with van der Waals surface area (Å²) in [5, 5.41) is 3.18. The molecule has 1 heterocycles. The van der Waals surface area contributed by atoms with Crippen LogP contribution in [0, 0.1) is 13.8 Å². The summed E-state index contributed by atoms with van der Waals surface area (Å²) in [5.74, 6) is -0.403. The first-order valence-corrected chi connectivity index (χ1v) is 8.29. The monoisotopic (exact) mass is 342 g/mol. The third-order valence-corrected chi connectivity index (χ3v) is 4.76. The Balaban J connectivity index is 1.73. The van der Waals surface area contributed by atoms with Crippen LogP contribution in [0.2, 0.25) is 5.02 Å². The minimum absolute atomic E-state index is 0.0846. The van der Waals surface area contributed by atoms with Crippen LogP contribution >= 0.6 is 11.6 Å². The number of hydrogen-bond acceptors (Lipinski definition) is 2. The zero-order chi connectivity index (χ0) is 17.3. The number of carbonyl (C=O) groups excluding carboxylic acids is 2. The molecule has 1 N–H and O–H groups in total. The molecular weight excluding hydrogens is 324 g/mol. The molecule has 1 atom stereocenters. The molecular formula is C19H19ClN2O2. The highest BCUT2D eigenvalue weighted by Crippen LogP contribution is 2.24. The molecule has 0 saturated carbocycles.